The van der Waals surface area contributed by atoms with Gasteiger partial charge in [0.1, 0.15) is 5.75 Å². The van der Waals surface area contributed by atoms with Gasteiger partial charge in [-0.1, -0.05) is 6.07 Å². The zero-order valence-electron chi connectivity index (χ0n) is 7.76. The van der Waals surface area contributed by atoms with Gasteiger partial charge in [-0.15, -0.1) is 0 Å². The van der Waals surface area contributed by atoms with Crippen LogP contribution in [0.2, 0.25) is 0 Å². The van der Waals surface area contributed by atoms with Gasteiger partial charge in [0.2, 0.25) is 0 Å². The quantitative estimate of drug-likeness (QED) is 0.824. The summed E-state index contributed by atoms with van der Waals surface area (Å²) in [4.78, 5) is 10.8. The van der Waals surface area contributed by atoms with E-state index in [0.717, 1.165) is 19.2 Å². The van der Waals surface area contributed by atoms with Crippen LogP contribution in [0.5, 0.6) is 5.75 Å². The summed E-state index contributed by atoms with van der Waals surface area (Å²) >= 11 is 0. The van der Waals surface area contributed by atoms with Crippen LogP contribution in [-0.4, -0.2) is 13.0 Å². The highest BCUT2D eigenvalue weighted by molar-refractivity contribution is 5.96. The molecule has 2 N–H and O–H groups in total. The van der Waals surface area contributed by atoms with Gasteiger partial charge in [-0.3, -0.25) is 4.79 Å². The number of carbonyl (C=O) groups excluding carboxylic acids is 1. The predicted molar refractivity (Wildman–Crippen MR) is 46.5 cm³/mol. The topological polar surface area (TPSA) is 52.3 Å². The van der Waals surface area contributed by atoms with Crippen molar-refractivity contribution >= 4 is 5.91 Å². The number of halogens is 3. The van der Waals surface area contributed by atoms with Gasteiger partial charge in [0.05, 0.1) is 18.2 Å². The lowest BCUT2D eigenvalue weighted by Crippen LogP contribution is -2.16. The fourth-order valence-corrected chi connectivity index (χ4v) is 1.17. The van der Waals surface area contributed by atoms with Crippen molar-refractivity contribution < 1.29 is 22.7 Å². The van der Waals surface area contributed by atoms with Crippen LogP contribution in [0, 0.1) is 0 Å². The van der Waals surface area contributed by atoms with Crippen molar-refractivity contribution in [3.8, 4) is 5.75 Å². The van der Waals surface area contributed by atoms with E-state index in [4.69, 9.17) is 5.73 Å². The largest absolute Gasteiger partial charge is 0.495 e. The second-order valence-corrected chi connectivity index (χ2v) is 2.75. The molecule has 0 unspecified atom stereocenters. The van der Waals surface area contributed by atoms with E-state index in [-0.39, 0.29) is 5.56 Å². The third kappa shape index (κ3) is 2.20. The van der Waals surface area contributed by atoms with E-state index in [2.05, 4.69) is 4.74 Å². The maximum Gasteiger partial charge on any atom is 0.419 e. The molecule has 82 valence electrons. The molecule has 0 aliphatic heterocycles. The van der Waals surface area contributed by atoms with Gasteiger partial charge in [-0.25, -0.2) is 0 Å². The zero-order valence-corrected chi connectivity index (χ0v) is 7.76. The molecule has 6 heteroatoms. The van der Waals surface area contributed by atoms with Crippen LogP contribution in [0.3, 0.4) is 0 Å². The number of carbonyl (C=O) groups is 1. The standard InChI is InChI=1S/C9H8F3NO2/c1-15-7-5(8(13)14)3-2-4-6(7)9(10,11)12/h2-4H,1H3,(H2,13,14). The van der Waals surface area contributed by atoms with E-state index in [0.29, 0.717) is 0 Å². The zero-order chi connectivity index (χ0) is 11.6. The van der Waals surface area contributed by atoms with Gasteiger partial charge in [0, 0.05) is 0 Å². The van der Waals surface area contributed by atoms with Crippen LogP contribution in [-0.2, 0) is 6.18 Å². The molecule has 1 aromatic carbocycles. The van der Waals surface area contributed by atoms with Gasteiger partial charge >= 0.3 is 6.18 Å². The van der Waals surface area contributed by atoms with Crippen molar-refractivity contribution in [3.05, 3.63) is 29.3 Å². The first-order chi connectivity index (χ1) is 6.88. The SMILES string of the molecule is COc1c(C(N)=O)cccc1C(F)(F)F. The lowest BCUT2D eigenvalue weighted by atomic mass is 10.1. The number of rotatable bonds is 2. The highest BCUT2D eigenvalue weighted by Crippen LogP contribution is 2.37. The van der Waals surface area contributed by atoms with Crippen molar-refractivity contribution in [2.45, 2.75) is 6.18 Å². The maximum absolute atomic E-state index is 12.4. The molecule has 0 saturated carbocycles. The first-order valence-corrected chi connectivity index (χ1v) is 3.92. The predicted octanol–water partition coefficient (Wildman–Crippen LogP) is 1.81. The Hall–Kier alpha value is -1.72. The molecule has 0 aliphatic carbocycles. The molecular weight excluding hydrogens is 211 g/mol. The summed E-state index contributed by atoms with van der Waals surface area (Å²) in [7, 11) is 1.05. The molecule has 0 spiro atoms. The van der Waals surface area contributed by atoms with E-state index in [9.17, 15) is 18.0 Å². The summed E-state index contributed by atoms with van der Waals surface area (Å²) in [5.41, 5.74) is 3.62. The number of primary amides is 1. The number of nitrogens with two attached hydrogens (primary N) is 1. The van der Waals surface area contributed by atoms with E-state index in [1.165, 1.54) is 6.07 Å². The fraction of sp³-hybridized carbons (Fsp3) is 0.222. The molecule has 0 aliphatic rings. The van der Waals surface area contributed by atoms with Crippen molar-refractivity contribution in [2.75, 3.05) is 7.11 Å². The van der Waals surface area contributed by atoms with Crippen LogP contribution in [0.15, 0.2) is 18.2 Å². The highest BCUT2D eigenvalue weighted by Gasteiger charge is 2.35. The molecule has 0 heterocycles. The van der Waals surface area contributed by atoms with Crippen molar-refractivity contribution in [2.24, 2.45) is 5.73 Å². The smallest absolute Gasteiger partial charge is 0.419 e. The Morgan fingerprint density at radius 1 is 1.40 bits per heavy atom. The summed E-state index contributed by atoms with van der Waals surface area (Å²) < 4.78 is 41.9. The van der Waals surface area contributed by atoms with E-state index >= 15 is 0 Å². The molecule has 3 nitrogen and oxygen atoms in total. The molecule has 1 rings (SSSR count). The second kappa shape index (κ2) is 3.80. The lowest BCUT2D eigenvalue weighted by Gasteiger charge is -2.13. The summed E-state index contributed by atoms with van der Waals surface area (Å²) in [6.45, 7) is 0. The van der Waals surface area contributed by atoms with Crippen molar-refractivity contribution in [3.63, 3.8) is 0 Å². The first kappa shape index (κ1) is 11.4. The molecule has 15 heavy (non-hydrogen) atoms. The lowest BCUT2D eigenvalue weighted by molar-refractivity contribution is -0.138. The van der Waals surface area contributed by atoms with E-state index in [1.807, 2.05) is 0 Å². The fourth-order valence-electron chi connectivity index (χ4n) is 1.17. The Labute approximate surface area is 83.6 Å². The van der Waals surface area contributed by atoms with Crippen molar-refractivity contribution in [1.82, 2.24) is 0 Å². The van der Waals surface area contributed by atoms with Crippen LogP contribution in [0.1, 0.15) is 15.9 Å². The number of para-hydroxylation sites is 1. The Bertz CT molecular complexity index is 387. The molecule has 0 bridgehead atoms. The Morgan fingerprint density at radius 2 is 2.00 bits per heavy atom. The van der Waals surface area contributed by atoms with E-state index in [1.54, 1.807) is 0 Å². The van der Waals surface area contributed by atoms with Crippen molar-refractivity contribution in [1.29, 1.82) is 0 Å². The second-order valence-electron chi connectivity index (χ2n) is 2.75. The summed E-state index contributed by atoms with van der Waals surface area (Å²) in [5.74, 6) is -1.50. The average molecular weight is 219 g/mol. The van der Waals surface area contributed by atoms with Gasteiger partial charge in [0.15, 0.2) is 0 Å². The Morgan fingerprint density at radius 3 is 2.40 bits per heavy atom. The van der Waals surface area contributed by atoms with E-state index < -0.39 is 23.4 Å². The monoisotopic (exact) mass is 219 g/mol. The number of methoxy groups -OCH3 is 1. The molecule has 0 saturated heterocycles. The Kier molecular flexibility index (Phi) is 2.88. The number of hydrogen-bond acceptors (Lipinski definition) is 2. The molecule has 0 aromatic heterocycles. The summed E-state index contributed by atoms with van der Waals surface area (Å²) in [6, 6.07) is 3.10. The minimum absolute atomic E-state index is 0.285. The van der Waals surface area contributed by atoms with Crippen LogP contribution >= 0.6 is 0 Å². The van der Waals surface area contributed by atoms with Gasteiger partial charge in [0.25, 0.3) is 5.91 Å². The van der Waals surface area contributed by atoms with Crippen LogP contribution < -0.4 is 10.5 Å². The third-order valence-corrected chi connectivity index (χ3v) is 1.79. The van der Waals surface area contributed by atoms with Crippen LogP contribution in [0.25, 0.3) is 0 Å². The number of alkyl halides is 3. The van der Waals surface area contributed by atoms with Gasteiger partial charge in [-0.05, 0) is 12.1 Å². The minimum atomic E-state index is -4.57. The average Bonchev–Trinajstić information content (AvgIpc) is 2.15. The summed E-state index contributed by atoms with van der Waals surface area (Å²) in [5, 5.41) is 0. The van der Waals surface area contributed by atoms with Crippen LogP contribution in [0.4, 0.5) is 13.2 Å². The number of ether oxygens (including phenoxy) is 1. The third-order valence-electron chi connectivity index (χ3n) is 1.79. The number of hydrogen-bond donors (Lipinski definition) is 1. The first-order valence-electron chi connectivity index (χ1n) is 3.92. The maximum atomic E-state index is 12.4. The molecule has 0 radical (unpaired) electrons. The molecule has 1 aromatic rings. The highest BCUT2D eigenvalue weighted by atomic mass is 19.4. The van der Waals surface area contributed by atoms with Gasteiger partial charge < -0.3 is 10.5 Å². The summed E-state index contributed by atoms with van der Waals surface area (Å²) in [6.07, 6.45) is -4.57. The number of amides is 1. The molecule has 1 amide bonds. The number of benzene rings is 1. The molecule has 0 atom stereocenters. The minimum Gasteiger partial charge on any atom is -0.495 e. The molecule has 0 fully saturated rings. The Balaban J connectivity index is 3.42. The normalized spacial score (nSPS) is 11.2. The molecular formula is C9H8F3NO2. The van der Waals surface area contributed by atoms with Gasteiger partial charge in [-0.2, -0.15) is 13.2 Å².